The van der Waals surface area contributed by atoms with E-state index in [1.165, 1.54) is 30.2 Å². The van der Waals surface area contributed by atoms with Gasteiger partial charge in [-0.3, -0.25) is 4.79 Å². The van der Waals surface area contributed by atoms with Crippen molar-refractivity contribution in [1.29, 1.82) is 5.41 Å². The highest BCUT2D eigenvalue weighted by molar-refractivity contribution is 7.14. The second-order valence-electron chi connectivity index (χ2n) is 7.37. The van der Waals surface area contributed by atoms with Crippen LogP contribution in [-0.4, -0.2) is 41.7 Å². The molecule has 0 aliphatic carbocycles. The van der Waals surface area contributed by atoms with Crippen molar-refractivity contribution in [3.8, 4) is 17.0 Å². The molecule has 3 heterocycles. The van der Waals surface area contributed by atoms with Crippen LogP contribution in [0.1, 0.15) is 40.0 Å². The van der Waals surface area contributed by atoms with E-state index in [1.807, 2.05) is 23.1 Å². The van der Waals surface area contributed by atoms with Gasteiger partial charge in [0.1, 0.15) is 5.75 Å². The van der Waals surface area contributed by atoms with E-state index in [1.54, 1.807) is 0 Å². The highest BCUT2D eigenvalue weighted by Crippen LogP contribution is 2.39. The van der Waals surface area contributed by atoms with Gasteiger partial charge in [0.25, 0.3) is 5.91 Å². The molecule has 2 aliphatic heterocycles. The van der Waals surface area contributed by atoms with Gasteiger partial charge in [-0.05, 0) is 36.5 Å². The van der Waals surface area contributed by atoms with Crippen LogP contribution in [-0.2, 0) is 6.42 Å². The Morgan fingerprint density at radius 1 is 1.46 bits per heavy atom. The molecule has 1 fully saturated rings. The number of nitrogens with one attached hydrogen (secondary N) is 1. The molecule has 6 nitrogen and oxygen atoms in total. The molecule has 0 saturated carbocycles. The summed E-state index contributed by atoms with van der Waals surface area (Å²) < 4.78 is 5.93. The van der Waals surface area contributed by atoms with Gasteiger partial charge in [0, 0.05) is 47.9 Å². The average Bonchev–Trinajstić information content (AvgIpc) is 3.05. The number of nitrogens with zero attached hydrogens (tertiary/aromatic N) is 2. The number of ether oxygens (including phenoxy) is 1. The third-order valence-electron chi connectivity index (χ3n) is 5.32. The van der Waals surface area contributed by atoms with E-state index < -0.39 is 0 Å². The van der Waals surface area contributed by atoms with Crippen LogP contribution >= 0.6 is 11.3 Å². The quantitative estimate of drug-likeness (QED) is 0.776. The summed E-state index contributed by atoms with van der Waals surface area (Å²) in [7, 11) is 0. The highest BCUT2D eigenvalue weighted by Gasteiger charge is 2.28. The Morgan fingerprint density at radius 3 is 3.07 bits per heavy atom. The van der Waals surface area contributed by atoms with Crippen LogP contribution < -0.4 is 10.5 Å². The van der Waals surface area contributed by atoms with Gasteiger partial charge in [-0.1, -0.05) is 13.0 Å². The first kappa shape index (κ1) is 18.7. The molecule has 146 valence electrons. The molecular formula is C21H24N4O2S. The number of carbonyl (C=O) groups is 1. The van der Waals surface area contributed by atoms with Crippen molar-refractivity contribution in [2.24, 2.45) is 11.7 Å². The van der Waals surface area contributed by atoms with Crippen molar-refractivity contribution < 1.29 is 9.53 Å². The Hall–Kier alpha value is -2.67. The lowest BCUT2D eigenvalue weighted by Crippen LogP contribution is -2.39. The number of hydrogen-bond acceptors (Lipinski definition) is 6. The molecule has 28 heavy (non-hydrogen) atoms. The number of carbonyl (C=O) groups excluding carboxylic acids is 1. The molecule has 0 unspecified atom stereocenters. The molecular weight excluding hydrogens is 372 g/mol. The van der Waals surface area contributed by atoms with Crippen molar-refractivity contribution in [1.82, 2.24) is 9.88 Å². The number of nitrogens with two attached hydrogens (primary N) is 1. The molecule has 4 rings (SSSR count). The van der Waals surface area contributed by atoms with Crippen molar-refractivity contribution in [3.63, 3.8) is 0 Å². The third-order valence-corrected chi connectivity index (χ3v) is 6.42. The Morgan fingerprint density at radius 2 is 2.32 bits per heavy atom. The minimum absolute atomic E-state index is 0.0425. The average molecular weight is 397 g/mol. The van der Waals surface area contributed by atoms with Crippen LogP contribution in [0.5, 0.6) is 5.75 Å². The molecule has 2 aliphatic rings. The van der Waals surface area contributed by atoms with Crippen LogP contribution in [0.15, 0.2) is 24.4 Å². The molecule has 1 saturated heterocycles. The zero-order chi connectivity index (χ0) is 19.7. The third kappa shape index (κ3) is 3.42. The topological polar surface area (TPSA) is 92.3 Å². The van der Waals surface area contributed by atoms with Crippen LogP contribution in [0.4, 0.5) is 0 Å². The van der Waals surface area contributed by atoms with Gasteiger partial charge in [0.15, 0.2) is 5.01 Å². The van der Waals surface area contributed by atoms with Crippen LogP contribution in [0, 0.1) is 11.3 Å². The number of fused-ring (bicyclic) bond motifs is 3. The standard InChI is InChI=1S/C21H24N4O2S/c1-13-3-2-7-25(12-13)21(26)20-24-19-16-5-4-14(15(10-22)11-23)9-17(16)27-8-6-18(19)28-20/h4-5,9-11,13,22H,2-3,6-8,12,23H2,1H3/b15-11+,22-10?/t13-/m1/s1. The number of likely N-dealkylation sites (tertiary alicyclic amines) is 1. The second-order valence-corrected chi connectivity index (χ2v) is 8.45. The molecule has 0 bridgehead atoms. The monoisotopic (exact) mass is 396 g/mol. The maximum atomic E-state index is 13.0. The predicted molar refractivity (Wildman–Crippen MR) is 112 cm³/mol. The number of thiazole rings is 1. The molecule has 0 spiro atoms. The smallest absolute Gasteiger partial charge is 0.282 e. The van der Waals surface area contributed by atoms with Crippen molar-refractivity contribution >= 4 is 29.0 Å². The van der Waals surface area contributed by atoms with E-state index in [2.05, 4.69) is 6.92 Å². The van der Waals surface area contributed by atoms with Gasteiger partial charge in [0.05, 0.1) is 12.3 Å². The molecule has 0 radical (unpaired) electrons. The summed E-state index contributed by atoms with van der Waals surface area (Å²) >= 11 is 1.48. The van der Waals surface area contributed by atoms with Crippen LogP contribution in [0.25, 0.3) is 16.8 Å². The maximum absolute atomic E-state index is 13.0. The van der Waals surface area contributed by atoms with Crippen molar-refractivity contribution in [2.75, 3.05) is 19.7 Å². The number of aromatic nitrogens is 1. The van der Waals surface area contributed by atoms with E-state index in [-0.39, 0.29) is 5.91 Å². The predicted octanol–water partition coefficient (Wildman–Crippen LogP) is 3.57. The number of rotatable bonds is 3. The van der Waals surface area contributed by atoms with Crippen molar-refractivity contribution in [2.45, 2.75) is 26.2 Å². The summed E-state index contributed by atoms with van der Waals surface area (Å²) in [4.78, 5) is 20.7. The van der Waals surface area contributed by atoms with Crippen LogP contribution in [0.3, 0.4) is 0 Å². The molecule has 1 aromatic carbocycles. The van der Waals surface area contributed by atoms with E-state index in [0.29, 0.717) is 28.9 Å². The molecule has 1 atom stereocenters. The maximum Gasteiger partial charge on any atom is 0.282 e. The molecule has 1 aromatic heterocycles. The van der Waals surface area contributed by atoms with Gasteiger partial charge in [0.2, 0.25) is 0 Å². The first-order valence-corrected chi connectivity index (χ1v) is 10.4. The summed E-state index contributed by atoms with van der Waals surface area (Å²) in [6.07, 6.45) is 5.60. The fraction of sp³-hybridized carbons (Fsp3) is 0.381. The van der Waals surface area contributed by atoms with E-state index in [9.17, 15) is 4.79 Å². The normalized spacial score (nSPS) is 19.2. The molecule has 7 heteroatoms. The fourth-order valence-corrected chi connectivity index (χ4v) is 4.85. The largest absolute Gasteiger partial charge is 0.492 e. The number of piperidine rings is 1. The van der Waals surface area contributed by atoms with Crippen molar-refractivity contribution in [3.05, 3.63) is 39.8 Å². The van der Waals surface area contributed by atoms with E-state index in [0.717, 1.165) is 47.6 Å². The summed E-state index contributed by atoms with van der Waals surface area (Å²) in [6, 6.07) is 5.74. The summed E-state index contributed by atoms with van der Waals surface area (Å²) in [5, 5.41) is 8.06. The second kappa shape index (κ2) is 7.75. The van der Waals surface area contributed by atoms with Gasteiger partial charge in [-0.15, -0.1) is 11.3 Å². The van der Waals surface area contributed by atoms with E-state index in [4.69, 9.17) is 20.9 Å². The Balaban J connectivity index is 1.68. The number of hydrogen-bond donors (Lipinski definition) is 2. The lowest BCUT2D eigenvalue weighted by molar-refractivity contribution is 0.0682. The first-order valence-electron chi connectivity index (χ1n) is 9.59. The first-order chi connectivity index (χ1) is 13.6. The fourth-order valence-electron chi connectivity index (χ4n) is 3.83. The molecule has 3 N–H and O–H groups in total. The zero-order valence-electron chi connectivity index (χ0n) is 15.9. The summed E-state index contributed by atoms with van der Waals surface area (Å²) in [5.74, 6) is 1.30. The molecule has 2 aromatic rings. The summed E-state index contributed by atoms with van der Waals surface area (Å²) in [5.41, 5.74) is 8.79. The lowest BCUT2D eigenvalue weighted by Gasteiger charge is -2.30. The van der Waals surface area contributed by atoms with Gasteiger partial charge < -0.3 is 20.8 Å². The van der Waals surface area contributed by atoms with E-state index >= 15 is 0 Å². The number of allylic oxidation sites excluding steroid dienone is 1. The SMILES string of the molecule is C[C@@H]1CCCN(C(=O)c2nc3c(s2)CCOc2cc(/C(C=N)=C/N)ccc2-3)C1. The van der Waals surface area contributed by atoms with Crippen LogP contribution in [0.2, 0.25) is 0 Å². The number of amides is 1. The Kier molecular flexibility index (Phi) is 5.17. The molecule has 1 amide bonds. The minimum atomic E-state index is 0.0425. The Bertz CT molecular complexity index is 950. The lowest BCUT2D eigenvalue weighted by atomic mass is 10.0. The van der Waals surface area contributed by atoms with Gasteiger partial charge >= 0.3 is 0 Å². The van der Waals surface area contributed by atoms with Gasteiger partial charge in [-0.25, -0.2) is 4.98 Å². The van der Waals surface area contributed by atoms with Gasteiger partial charge in [-0.2, -0.15) is 0 Å². The number of benzene rings is 1. The zero-order valence-corrected chi connectivity index (χ0v) is 16.7. The summed E-state index contributed by atoms with van der Waals surface area (Å²) in [6.45, 7) is 4.35. The Labute approximate surface area is 168 Å². The highest BCUT2D eigenvalue weighted by atomic mass is 32.1. The minimum Gasteiger partial charge on any atom is -0.492 e.